The number of amides is 2. The molecule has 1 saturated heterocycles. The summed E-state index contributed by atoms with van der Waals surface area (Å²) in [5.74, 6) is 0. The molecule has 0 aliphatic carbocycles. The molecule has 1 aromatic carbocycles. The molecule has 0 atom stereocenters. The maximum atomic E-state index is 11.9. The van der Waals surface area contributed by atoms with Crippen molar-refractivity contribution in [1.82, 2.24) is 4.90 Å². The van der Waals surface area contributed by atoms with Gasteiger partial charge in [0.15, 0.2) is 0 Å². The topological polar surface area (TPSA) is 58.4 Å². The SMILES string of the molecule is NSc1ccc(NC(=O)N2CCCCC2)cc1. The first-order valence-electron chi connectivity index (χ1n) is 5.82. The van der Waals surface area contributed by atoms with E-state index in [1.165, 1.54) is 18.4 Å². The van der Waals surface area contributed by atoms with Crippen LogP contribution in [0, 0.1) is 0 Å². The van der Waals surface area contributed by atoms with Crippen molar-refractivity contribution in [3.05, 3.63) is 24.3 Å². The minimum Gasteiger partial charge on any atom is -0.325 e. The summed E-state index contributed by atoms with van der Waals surface area (Å²) < 4.78 is 0. The van der Waals surface area contributed by atoms with Gasteiger partial charge in [-0.25, -0.2) is 4.79 Å². The van der Waals surface area contributed by atoms with E-state index in [1.54, 1.807) is 0 Å². The summed E-state index contributed by atoms with van der Waals surface area (Å²) >= 11 is 1.20. The Bertz CT molecular complexity index is 374. The van der Waals surface area contributed by atoms with Gasteiger partial charge < -0.3 is 10.2 Å². The van der Waals surface area contributed by atoms with E-state index in [1.807, 2.05) is 29.2 Å². The molecule has 0 saturated carbocycles. The first-order valence-corrected chi connectivity index (χ1v) is 6.70. The monoisotopic (exact) mass is 251 g/mol. The molecule has 0 aromatic heterocycles. The van der Waals surface area contributed by atoms with Gasteiger partial charge >= 0.3 is 6.03 Å². The van der Waals surface area contributed by atoms with Crippen LogP contribution >= 0.6 is 11.9 Å². The molecule has 4 nitrogen and oxygen atoms in total. The number of likely N-dealkylation sites (tertiary alicyclic amines) is 1. The van der Waals surface area contributed by atoms with Crippen molar-refractivity contribution in [3.8, 4) is 0 Å². The van der Waals surface area contributed by atoms with Crippen LogP contribution in [-0.2, 0) is 0 Å². The van der Waals surface area contributed by atoms with Crippen molar-refractivity contribution >= 4 is 23.7 Å². The van der Waals surface area contributed by atoms with Gasteiger partial charge in [0.05, 0.1) is 0 Å². The molecule has 2 amide bonds. The highest BCUT2D eigenvalue weighted by atomic mass is 32.2. The minimum absolute atomic E-state index is 0.00199. The molecule has 0 spiro atoms. The Labute approximate surface area is 106 Å². The lowest BCUT2D eigenvalue weighted by molar-refractivity contribution is 0.200. The number of carbonyl (C=O) groups is 1. The molecule has 0 radical (unpaired) electrons. The second-order valence-corrected chi connectivity index (χ2v) is 4.83. The van der Waals surface area contributed by atoms with E-state index >= 15 is 0 Å². The molecule has 1 aliphatic heterocycles. The van der Waals surface area contributed by atoms with Crippen LogP contribution in [-0.4, -0.2) is 24.0 Å². The van der Waals surface area contributed by atoms with E-state index in [0.717, 1.165) is 36.5 Å². The van der Waals surface area contributed by atoms with Crippen molar-refractivity contribution in [2.24, 2.45) is 5.14 Å². The quantitative estimate of drug-likeness (QED) is 0.794. The predicted molar refractivity (Wildman–Crippen MR) is 70.9 cm³/mol. The Morgan fingerprint density at radius 2 is 1.82 bits per heavy atom. The lowest BCUT2D eigenvalue weighted by Gasteiger charge is -2.26. The summed E-state index contributed by atoms with van der Waals surface area (Å²) in [5, 5.41) is 8.34. The van der Waals surface area contributed by atoms with E-state index in [-0.39, 0.29) is 6.03 Å². The van der Waals surface area contributed by atoms with Crippen LogP contribution in [0.25, 0.3) is 0 Å². The number of nitrogens with one attached hydrogen (secondary N) is 1. The van der Waals surface area contributed by atoms with Gasteiger partial charge in [-0.3, -0.25) is 5.14 Å². The van der Waals surface area contributed by atoms with Gasteiger partial charge in [-0.1, -0.05) is 0 Å². The third kappa shape index (κ3) is 3.38. The average Bonchev–Trinajstić information content (AvgIpc) is 2.40. The highest BCUT2D eigenvalue weighted by Crippen LogP contribution is 2.17. The van der Waals surface area contributed by atoms with Gasteiger partial charge in [-0.2, -0.15) is 0 Å². The molecule has 3 N–H and O–H groups in total. The lowest BCUT2D eigenvalue weighted by atomic mass is 10.1. The lowest BCUT2D eigenvalue weighted by Crippen LogP contribution is -2.38. The van der Waals surface area contributed by atoms with Crippen molar-refractivity contribution in [1.29, 1.82) is 0 Å². The normalized spacial score (nSPS) is 15.7. The number of nitrogens with two attached hydrogens (primary N) is 1. The molecule has 1 aliphatic rings. The van der Waals surface area contributed by atoms with E-state index in [2.05, 4.69) is 5.32 Å². The largest absolute Gasteiger partial charge is 0.325 e. The minimum atomic E-state index is -0.00199. The number of rotatable bonds is 2. The number of hydrogen-bond donors (Lipinski definition) is 2. The molecule has 1 aromatic rings. The summed E-state index contributed by atoms with van der Waals surface area (Å²) in [7, 11) is 0. The van der Waals surface area contributed by atoms with E-state index in [0.29, 0.717) is 0 Å². The van der Waals surface area contributed by atoms with Gasteiger partial charge in [-0.05, 0) is 55.5 Å². The predicted octanol–water partition coefficient (Wildman–Crippen LogP) is 2.67. The molecule has 2 rings (SSSR count). The number of carbonyl (C=O) groups excluding carboxylic acids is 1. The molecular weight excluding hydrogens is 234 g/mol. The third-order valence-electron chi connectivity index (χ3n) is 2.88. The fourth-order valence-corrected chi connectivity index (χ4v) is 2.21. The Kier molecular flexibility index (Phi) is 4.28. The van der Waals surface area contributed by atoms with Crippen LogP contribution < -0.4 is 10.5 Å². The molecular formula is C12H17N3OS. The van der Waals surface area contributed by atoms with Crippen LogP contribution in [0.2, 0.25) is 0 Å². The summed E-state index contributed by atoms with van der Waals surface area (Å²) in [4.78, 5) is 14.8. The van der Waals surface area contributed by atoms with Crippen molar-refractivity contribution < 1.29 is 4.79 Å². The number of piperidine rings is 1. The Hall–Kier alpha value is -1.20. The second-order valence-electron chi connectivity index (χ2n) is 4.12. The number of hydrogen-bond acceptors (Lipinski definition) is 3. The van der Waals surface area contributed by atoms with Gasteiger partial charge in [0.2, 0.25) is 0 Å². The van der Waals surface area contributed by atoms with E-state index < -0.39 is 0 Å². The first-order chi connectivity index (χ1) is 8.29. The number of benzene rings is 1. The molecule has 5 heteroatoms. The molecule has 1 fully saturated rings. The maximum absolute atomic E-state index is 11.9. The Morgan fingerprint density at radius 3 is 2.41 bits per heavy atom. The van der Waals surface area contributed by atoms with Crippen molar-refractivity contribution in [2.75, 3.05) is 18.4 Å². The van der Waals surface area contributed by atoms with E-state index in [4.69, 9.17) is 5.14 Å². The zero-order chi connectivity index (χ0) is 12.1. The smallest absolute Gasteiger partial charge is 0.321 e. The average molecular weight is 251 g/mol. The molecule has 92 valence electrons. The number of urea groups is 1. The zero-order valence-electron chi connectivity index (χ0n) is 9.69. The van der Waals surface area contributed by atoms with Gasteiger partial charge in [0.25, 0.3) is 0 Å². The van der Waals surface area contributed by atoms with Gasteiger partial charge in [0, 0.05) is 23.7 Å². The first kappa shape index (κ1) is 12.3. The van der Waals surface area contributed by atoms with Crippen molar-refractivity contribution in [3.63, 3.8) is 0 Å². The summed E-state index contributed by atoms with van der Waals surface area (Å²) in [6.45, 7) is 1.73. The third-order valence-corrected chi connectivity index (χ3v) is 3.43. The fourth-order valence-electron chi connectivity index (χ4n) is 1.92. The van der Waals surface area contributed by atoms with E-state index in [9.17, 15) is 4.79 Å². The summed E-state index contributed by atoms with van der Waals surface area (Å²) in [5.41, 5.74) is 0.818. The molecule has 0 bridgehead atoms. The van der Waals surface area contributed by atoms with Crippen LogP contribution in [0.1, 0.15) is 19.3 Å². The standard InChI is InChI=1S/C12H17N3OS/c13-17-11-6-4-10(5-7-11)14-12(16)15-8-2-1-3-9-15/h4-7H,1-3,8-9,13H2,(H,14,16). The van der Waals surface area contributed by atoms with Gasteiger partial charge in [0.1, 0.15) is 0 Å². The maximum Gasteiger partial charge on any atom is 0.321 e. The Balaban J connectivity index is 1.92. The molecule has 1 heterocycles. The molecule has 0 unspecified atom stereocenters. The summed E-state index contributed by atoms with van der Waals surface area (Å²) in [6, 6.07) is 7.54. The summed E-state index contributed by atoms with van der Waals surface area (Å²) in [6.07, 6.45) is 3.44. The molecule has 17 heavy (non-hydrogen) atoms. The second kappa shape index (κ2) is 5.93. The zero-order valence-corrected chi connectivity index (χ0v) is 10.5. The highest BCUT2D eigenvalue weighted by molar-refractivity contribution is 7.97. The highest BCUT2D eigenvalue weighted by Gasteiger charge is 2.15. The number of anilines is 1. The van der Waals surface area contributed by atoms with Crippen LogP contribution in [0.15, 0.2) is 29.2 Å². The van der Waals surface area contributed by atoms with Crippen molar-refractivity contribution in [2.45, 2.75) is 24.2 Å². The van der Waals surface area contributed by atoms with Crippen LogP contribution in [0.4, 0.5) is 10.5 Å². The Morgan fingerprint density at radius 1 is 1.18 bits per heavy atom. The van der Waals surface area contributed by atoms with Crippen LogP contribution in [0.5, 0.6) is 0 Å². The van der Waals surface area contributed by atoms with Crippen LogP contribution in [0.3, 0.4) is 0 Å². The van der Waals surface area contributed by atoms with Gasteiger partial charge in [-0.15, -0.1) is 0 Å². The fraction of sp³-hybridized carbons (Fsp3) is 0.417. The number of nitrogens with zero attached hydrogens (tertiary/aromatic N) is 1.